The first-order chi connectivity index (χ1) is 10.1. The number of aromatic nitrogens is 2. The predicted molar refractivity (Wildman–Crippen MR) is 83.9 cm³/mol. The second-order valence-electron chi connectivity index (χ2n) is 5.48. The molecule has 2 rings (SSSR count). The lowest BCUT2D eigenvalue weighted by Crippen LogP contribution is -2.27. The maximum Gasteiger partial charge on any atom is 0.220 e. The minimum Gasteiger partial charge on any atom is -0.350 e. The number of hydrogen-bond donors (Lipinski definition) is 1. The van der Waals surface area contributed by atoms with E-state index in [1.165, 1.54) is 16.7 Å². The van der Waals surface area contributed by atoms with Crippen molar-refractivity contribution in [2.45, 2.75) is 46.2 Å². The van der Waals surface area contributed by atoms with Crippen molar-refractivity contribution in [3.63, 3.8) is 0 Å². The summed E-state index contributed by atoms with van der Waals surface area (Å²) < 4.78 is 1.99. The maximum atomic E-state index is 12.0. The molecule has 1 amide bonds. The summed E-state index contributed by atoms with van der Waals surface area (Å²) in [6.45, 7) is 7.06. The first-order valence-electron chi connectivity index (χ1n) is 7.39. The fraction of sp³-hybridized carbons (Fsp3) is 0.412. The Morgan fingerprint density at radius 1 is 1.38 bits per heavy atom. The lowest BCUT2D eigenvalue weighted by Gasteiger charge is -2.18. The van der Waals surface area contributed by atoms with E-state index in [-0.39, 0.29) is 11.9 Å². The monoisotopic (exact) mass is 285 g/mol. The van der Waals surface area contributed by atoms with Crippen LogP contribution in [0.3, 0.4) is 0 Å². The van der Waals surface area contributed by atoms with Crippen molar-refractivity contribution in [2.75, 3.05) is 0 Å². The number of carbonyl (C=O) groups is 1. The number of aryl methyl sites for hydroxylation is 2. The van der Waals surface area contributed by atoms with Crippen LogP contribution in [0.4, 0.5) is 0 Å². The molecular formula is C17H23N3O. The van der Waals surface area contributed by atoms with Crippen molar-refractivity contribution in [2.24, 2.45) is 0 Å². The Morgan fingerprint density at radius 2 is 2.19 bits per heavy atom. The highest BCUT2D eigenvalue weighted by Gasteiger charge is 2.12. The van der Waals surface area contributed by atoms with E-state index in [1.807, 2.05) is 23.8 Å². The zero-order valence-corrected chi connectivity index (χ0v) is 13.0. The predicted octanol–water partition coefficient (Wildman–Crippen LogP) is 3.16. The van der Waals surface area contributed by atoms with Crippen LogP contribution in [0, 0.1) is 13.8 Å². The van der Waals surface area contributed by atoms with Gasteiger partial charge >= 0.3 is 0 Å². The number of nitrogens with one attached hydrogen (secondary N) is 1. The number of amides is 1. The number of imidazole rings is 1. The van der Waals surface area contributed by atoms with Gasteiger partial charge < -0.3 is 9.88 Å². The van der Waals surface area contributed by atoms with Crippen molar-refractivity contribution >= 4 is 5.91 Å². The quantitative estimate of drug-likeness (QED) is 0.886. The average Bonchev–Trinajstić information content (AvgIpc) is 2.95. The number of nitrogens with zero attached hydrogens (tertiary/aromatic N) is 2. The lowest BCUT2D eigenvalue weighted by molar-refractivity contribution is -0.121. The molecule has 2 aromatic rings. The van der Waals surface area contributed by atoms with Crippen LogP contribution in [0.25, 0.3) is 0 Å². The van der Waals surface area contributed by atoms with Crippen LogP contribution >= 0.6 is 0 Å². The van der Waals surface area contributed by atoms with E-state index < -0.39 is 0 Å². The Kier molecular flexibility index (Phi) is 5.14. The Balaban J connectivity index is 1.83. The molecule has 1 heterocycles. The highest BCUT2D eigenvalue weighted by atomic mass is 16.1. The van der Waals surface area contributed by atoms with E-state index in [0.717, 1.165) is 13.0 Å². The normalized spacial score (nSPS) is 12.1. The Hall–Kier alpha value is -2.10. The first kappa shape index (κ1) is 15.3. The van der Waals surface area contributed by atoms with Crippen LogP contribution < -0.4 is 5.32 Å². The molecule has 1 atom stereocenters. The van der Waals surface area contributed by atoms with Gasteiger partial charge in [0.2, 0.25) is 5.91 Å². The summed E-state index contributed by atoms with van der Waals surface area (Å²) in [5.41, 5.74) is 3.70. The van der Waals surface area contributed by atoms with Gasteiger partial charge in [0.25, 0.3) is 0 Å². The molecule has 21 heavy (non-hydrogen) atoms. The van der Waals surface area contributed by atoms with Gasteiger partial charge in [0.05, 0.1) is 12.4 Å². The Morgan fingerprint density at radius 3 is 2.90 bits per heavy atom. The molecule has 1 aromatic carbocycles. The minimum absolute atomic E-state index is 0.0469. The SMILES string of the molecule is Cc1cccc([C@@H](C)NC(=O)CCCn2ccnc2)c1C. The van der Waals surface area contributed by atoms with Gasteiger partial charge in [-0.1, -0.05) is 18.2 Å². The average molecular weight is 285 g/mol. The molecule has 0 saturated carbocycles. The van der Waals surface area contributed by atoms with Crippen molar-refractivity contribution in [1.29, 1.82) is 0 Å². The van der Waals surface area contributed by atoms with E-state index in [9.17, 15) is 4.79 Å². The summed E-state index contributed by atoms with van der Waals surface area (Å²) >= 11 is 0. The van der Waals surface area contributed by atoms with Gasteiger partial charge in [-0.15, -0.1) is 0 Å². The van der Waals surface area contributed by atoms with E-state index >= 15 is 0 Å². The molecule has 0 aliphatic heterocycles. The molecule has 0 spiro atoms. The largest absolute Gasteiger partial charge is 0.350 e. The second-order valence-corrected chi connectivity index (χ2v) is 5.48. The third-order valence-corrected chi connectivity index (χ3v) is 3.87. The number of rotatable bonds is 6. The standard InChI is InChI=1S/C17H23N3O/c1-13-6-4-7-16(14(13)2)15(3)19-17(21)8-5-10-20-11-9-18-12-20/h4,6-7,9,11-12,15H,5,8,10H2,1-3H3,(H,19,21)/t15-/m1/s1. The van der Waals surface area contributed by atoms with Crippen molar-refractivity contribution in [3.05, 3.63) is 53.6 Å². The molecule has 0 aliphatic rings. The van der Waals surface area contributed by atoms with Crippen LogP contribution in [0.2, 0.25) is 0 Å². The number of carbonyl (C=O) groups excluding carboxylic acids is 1. The summed E-state index contributed by atoms with van der Waals surface area (Å²) in [6.07, 6.45) is 6.80. The van der Waals surface area contributed by atoms with Crippen LogP contribution in [-0.4, -0.2) is 15.5 Å². The van der Waals surface area contributed by atoms with Gasteiger partial charge in [0.15, 0.2) is 0 Å². The van der Waals surface area contributed by atoms with Crippen LogP contribution in [0.1, 0.15) is 42.5 Å². The fourth-order valence-electron chi connectivity index (χ4n) is 2.48. The molecule has 0 saturated heterocycles. The lowest BCUT2D eigenvalue weighted by atomic mass is 9.98. The van der Waals surface area contributed by atoms with E-state index in [4.69, 9.17) is 0 Å². The zero-order valence-electron chi connectivity index (χ0n) is 13.0. The minimum atomic E-state index is 0.0469. The van der Waals surface area contributed by atoms with Gasteiger partial charge in [-0.05, 0) is 43.9 Å². The van der Waals surface area contributed by atoms with Gasteiger partial charge in [-0.25, -0.2) is 4.98 Å². The zero-order chi connectivity index (χ0) is 15.2. The third kappa shape index (κ3) is 4.18. The summed E-state index contributed by atoms with van der Waals surface area (Å²) in [7, 11) is 0. The van der Waals surface area contributed by atoms with Crippen molar-refractivity contribution in [1.82, 2.24) is 14.9 Å². The number of benzene rings is 1. The Bertz CT molecular complexity index is 590. The molecule has 1 aromatic heterocycles. The molecule has 4 heteroatoms. The molecule has 1 N–H and O–H groups in total. The maximum absolute atomic E-state index is 12.0. The van der Waals surface area contributed by atoms with Crippen LogP contribution in [-0.2, 0) is 11.3 Å². The van der Waals surface area contributed by atoms with E-state index in [0.29, 0.717) is 6.42 Å². The molecule has 112 valence electrons. The summed E-state index contributed by atoms with van der Waals surface area (Å²) in [6, 6.07) is 6.27. The molecular weight excluding hydrogens is 262 g/mol. The van der Waals surface area contributed by atoms with Gasteiger partial charge in [-0.2, -0.15) is 0 Å². The molecule has 4 nitrogen and oxygen atoms in total. The molecule has 0 unspecified atom stereocenters. The summed E-state index contributed by atoms with van der Waals surface area (Å²) in [5.74, 6) is 0.100. The molecule has 0 radical (unpaired) electrons. The summed E-state index contributed by atoms with van der Waals surface area (Å²) in [4.78, 5) is 16.0. The molecule has 0 fully saturated rings. The second kappa shape index (κ2) is 7.07. The third-order valence-electron chi connectivity index (χ3n) is 3.87. The number of hydrogen-bond acceptors (Lipinski definition) is 2. The highest BCUT2D eigenvalue weighted by Crippen LogP contribution is 2.20. The fourth-order valence-corrected chi connectivity index (χ4v) is 2.48. The molecule has 0 bridgehead atoms. The van der Waals surface area contributed by atoms with Crippen LogP contribution in [0.5, 0.6) is 0 Å². The van der Waals surface area contributed by atoms with Crippen LogP contribution in [0.15, 0.2) is 36.9 Å². The Labute approximate surface area is 126 Å². The topological polar surface area (TPSA) is 46.9 Å². The van der Waals surface area contributed by atoms with E-state index in [1.54, 1.807) is 12.5 Å². The smallest absolute Gasteiger partial charge is 0.220 e. The summed E-state index contributed by atoms with van der Waals surface area (Å²) in [5, 5.41) is 3.08. The van der Waals surface area contributed by atoms with Gasteiger partial charge in [0.1, 0.15) is 0 Å². The van der Waals surface area contributed by atoms with Gasteiger partial charge in [-0.3, -0.25) is 4.79 Å². The highest BCUT2D eigenvalue weighted by molar-refractivity contribution is 5.76. The van der Waals surface area contributed by atoms with Crippen molar-refractivity contribution in [3.8, 4) is 0 Å². The van der Waals surface area contributed by atoms with E-state index in [2.05, 4.69) is 36.3 Å². The first-order valence-corrected chi connectivity index (χ1v) is 7.39. The molecule has 0 aliphatic carbocycles. The van der Waals surface area contributed by atoms with Gasteiger partial charge in [0, 0.05) is 25.4 Å². The van der Waals surface area contributed by atoms with Crippen molar-refractivity contribution < 1.29 is 4.79 Å².